The fraction of sp³-hybridized carbons (Fsp3) is 0.636. The largest absolute Gasteiger partial charge is 0.477 e. The Labute approximate surface area is 83.8 Å². The number of rotatable bonds is 3. The lowest BCUT2D eigenvalue weighted by atomic mass is 9.98. The van der Waals surface area contributed by atoms with Crippen LogP contribution in [0.1, 0.15) is 25.0 Å². The van der Waals surface area contributed by atoms with E-state index >= 15 is 0 Å². The van der Waals surface area contributed by atoms with E-state index in [-0.39, 0.29) is 0 Å². The summed E-state index contributed by atoms with van der Waals surface area (Å²) in [6, 6.07) is 4.32. The van der Waals surface area contributed by atoms with Crippen LogP contribution in [0.4, 0.5) is 0 Å². The van der Waals surface area contributed by atoms with Crippen molar-refractivity contribution in [3.05, 3.63) is 17.8 Å². The van der Waals surface area contributed by atoms with Gasteiger partial charge < -0.3 is 15.0 Å². The van der Waals surface area contributed by atoms with Gasteiger partial charge in [-0.1, -0.05) is 0 Å². The molecule has 3 heteroatoms. The average molecular weight is 192 g/mol. The van der Waals surface area contributed by atoms with E-state index in [1.54, 1.807) is 0 Å². The molecule has 0 spiro atoms. The van der Waals surface area contributed by atoms with Gasteiger partial charge in [-0.15, -0.1) is 0 Å². The van der Waals surface area contributed by atoms with Crippen molar-refractivity contribution in [1.82, 2.24) is 4.57 Å². The first kappa shape index (κ1) is 8.36. The summed E-state index contributed by atoms with van der Waals surface area (Å²) >= 11 is 0. The monoisotopic (exact) mass is 192 g/mol. The summed E-state index contributed by atoms with van der Waals surface area (Å²) in [5.74, 6) is 1.04. The lowest BCUT2D eigenvalue weighted by molar-refractivity contribution is 0.357. The zero-order valence-electron chi connectivity index (χ0n) is 8.33. The van der Waals surface area contributed by atoms with Crippen LogP contribution >= 0.6 is 0 Å². The Hall–Kier alpha value is -0.960. The highest BCUT2D eigenvalue weighted by atomic mass is 16.5. The highest BCUT2D eigenvalue weighted by Gasteiger charge is 2.46. The van der Waals surface area contributed by atoms with Gasteiger partial charge in [0.25, 0.3) is 0 Å². The minimum absolute atomic E-state index is 0.403. The molecule has 0 radical (unpaired) electrons. The summed E-state index contributed by atoms with van der Waals surface area (Å²) < 4.78 is 7.83. The first-order valence-electron chi connectivity index (χ1n) is 5.39. The van der Waals surface area contributed by atoms with E-state index in [4.69, 9.17) is 10.5 Å². The number of hydrogen-bond acceptors (Lipinski definition) is 2. The van der Waals surface area contributed by atoms with Crippen molar-refractivity contribution < 1.29 is 4.74 Å². The van der Waals surface area contributed by atoms with Crippen LogP contribution in [0, 0.1) is 0 Å². The summed E-state index contributed by atoms with van der Waals surface area (Å²) in [6.45, 7) is 2.65. The van der Waals surface area contributed by atoms with Gasteiger partial charge in [0, 0.05) is 17.2 Å². The van der Waals surface area contributed by atoms with Crippen molar-refractivity contribution in [3.8, 4) is 5.88 Å². The molecule has 0 aromatic carbocycles. The molecule has 2 aliphatic rings. The molecule has 1 aliphatic heterocycles. The second-order valence-electron chi connectivity index (χ2n) is 4.38. The van der Waals surface area contributed by atoms with Crippen LogP contribution in [0.15, 0.2) is 12.1 Å². The smallest absolute Gasteiger partial charge is 0.193 e. The van der Waals surface area contributed by atoms with Gasteiger partial charge in [0.15, 0.2) is 5.88 Å². The van der Waals surface area contributed by atoms with Gasteiger partial charge in [0.05, 0.1) is 6.54 Å². The number of hydrogen-bond donors (Lipinski definition) is 1. The van der Waals surface area contributed by atoms with E-state index in [1.165, 1.54) is 18.5 Å². The van der Waals surface area contributed by atoms with Gasteiger partial charge in [-0.2, -0.15) is 0 Å². The van der Waals surface area contributed by atoms with Crippen LogP contribution in [-0.4, -0.2) is 17.7 Å². The quantitative estimate of drug-likeness (QED) is 0.783. The van der Waals surface area contributed by atoms with Crippen molar-refractivity contribution in [3.63, 3.8) is 0 Å². The molecule has 14 heavy (non-hydrogen) atoms. The Morgan fingerprint density at radius 3 is 3.00 bits per heavy atom. The van der Waals surface area contributed by atoms with E-state index in [2.05, 4.69) is 16.7 Å². The van der Waals surface area contributed by atoms with Gasteiger partial charge in [0.1, 0.15) is 6.61 Å². The van der Waals surface area contributed by atoms with Crippen molar-refractivity contribution >= 4 is 0 Å². The second-order valence-corrected chi connectivity index (χ2v) is 4.38. The van der Waals surface area contributed by atoms with Crippen molar-refractivity contribution in [2.45, 2.75) is 31.2 Å². The molecule has 0 unspecified atom stereocenters. The molecule has 1 saturated carbocycles. The van der Waals surface area contributed by atoms with Gasteiger partial charge >= 0.3 is 0 Å². The maximum Gasteiger partial charge on any atom is 0.193 e. The highest BCUT2D eigenvalue weighted by Crippen LogP contribution is 2.52. The summed E-state index contributed by atoms with van der Waals surface area (Å²) in [5, 5.41) is 0. The third kappa shape index (κ3) is 1.02. The fourth-order valence-electron chi connectivity index (χ4n) is 2.57. The Bertz CT molecular complexity index is 352. The van der Waals surface area contributed by atoms with Crippen LogP contribution in [0.25, 0.3) is 0 Å². The van der Waals surface area contributed by atoms with Crippen LogP contribution in [0.3, 0.4) is 0 Å². The predicted molar refractivity (Wildman–Crippen MR) is 54.5 cm³/mol. The Morgan fingerprint density at radius 1 is 1.43 bits per heavy atom. The summed E-state index contributed by atoms with van der Waals surface area (Å²) in [4.78, 5) is 0. The minimum atomic E-state index is 0.403. The van der Waals surface area contributed by atoms with E-state index in [9.17, 15) is 0 Å². The lowest BCUT2D eigenvalue weighted by Crippen LogP contribution is -2.17. The van der Waals surface area contributed by atoms with Crippen LogP contribution in [0.5, 0.6) is 5.88 Å². The molecule has 1 aromatic rings. The standard InChI is InChI=1S/C11H16N2O/c12-6-5-11(3-4-11)9-1-2-10-13(9)7-8-14-10/h1-2H,3-8,12H2. The Balaban J connectivity index is 1.96. The highest BCUT2D eigenvalue weighted by molar-refractivity contribution is 5.33. The third-order valence-electron chi connectivity index (χ3n) is 3.53. The molecule has 2 heterocycles. The number of nitrogens with zero attached hydrogens (tertiary/aromatic N) is 1. The van der Waals surface area contributed by atoms with Crippen molar-refractivity contribution in [2.24, 2.45) is 5.73 Å². The zero-order chi connectivity index (χ0) is 9.60. The lowest BCUT2D eigenvalue weighted by Gasteiger charge is -2.15. The van der Waals surface area contributed by atoms with E-state index in [1.807, 2.05) is 0 Å². The molecule has 3 rings (SSSR count). The van der Waals surface area contributed by atoms with Crippen LogP contribution in [-0.2, 0) is 12.0 Å². The molecule has 0 atom stereocenters. The normalized spacial score (nSPS) is 21.8. The molecule has 2 N–H and O–H groups in total. The molecule has 1 aliphatic carbocycles. The summed E-state index contributed by atoms with van der Waals surface area (Å²) in [6.07, 6.45) is 3.72. The van der Waals surface area contributed by atoms with E-state index in [0.717, 1.165) is 32.0 Å². The number of nitrogens with two attached hydrogens (primary N) is 1. The molecule has 1 aromatic heterocycles. The van der Waals surface area contributed by atoms with Crippen molar-refractivity contribution in [2.75, 3.05) is 13.2 Å². The summed E-state index contributed by atoms with van der Waals surface area (Å²) in [7, 11) is 0. The summed E-state index contributed by atoms with van der Waals surface area (Å²) in [5.41, 5.74) is 7.52. The maximum absolute atomic E-state index is 5.67. The molecule has 76 valence electrons. The van der Waals surface area contributed by atoms with Crippen molar-refractivity contribution in [1.29, 1.82) is 0 Å². The molecule has 0 bridgehead atoms. The molecule has 1 fully saturated rings. The first-order valence-corrected chi connectivity index (χ1v) is 5.39. The average Bonchev–Trinajstić information content (AvgIpc) is 2.63. The fourth-order valence-corrected chi connectivity index (χ4v) is 2.57. The second kappa shape index (κ2) is 2.76. The number of aromatic nitrogens is 1. The van der Waals surface area contributed by atoms with E-state index in [0.29, 0.717) is 5.41 Å². The Kier molecular flexibility index (Phi) is 1.65. The van der Waals surface area contributed by atoms with Crippen LogP contribution in [0.2, 0.25) is 0 Å². The van der Waals surface area contributed by atoms with Crippen LogP contribution < -0.4 is 10.5 Å². The topological polar surface area (TPSA) is 40.2 Å². The van der Waals surface area contributed by atoms with Gasteiger partial charge in [0.2, 0.25) is 0 Å². The molecule has 3 nitrogen and oxygen atoms in total. The van der Waals surface area contributed by atoms with Gasteiger partial charge in [-0.05, 0) is 31.9 Å². The minimum Gasteiger partial charge on any atom is -0.477 e. The molecule has 0 amide bonds. The Morgan fingerprint density at radius 2 is 2.29 bits per heavy atom. The SMILES string of the molecule is NCCC1(c2ccc3n2CCO3)CC1. The van der Waals surface area contributed by atoms with E-state index < -0.39 is 0 Å². The third-order valence-corrected chi connectivity index (χ3v) is 3.53. The zero-order valence-corrected chi connectivity index (χ0v) is 8.33. The number of fused-ring (bicyclic) bond motifs is 1. The van der Waals surface area contributed by atoms with Gasteiger partial charge in [-0.3, -0.25) is 0 Å². The number of ether oxygens (including phenoxy) is 1. The maximum atomic E-state index is 5.67. The molecule has 0 saturated heterocycles. The molecular formula is C11H16N2O. The first-order chi connectivity index (χ1) is 6.86. The molecular weight excluding hydrogens is 176 g/mol. The van der Waals surface area contributed by atoms with Gasteiger partial charge in [-0.25, -0.2) is 0 Å². The predicted octanol–water partition coefficient (Wildman–Crippen LogP) is 1.26.